The molecule has 3 nitrogen and oxygen atoms in total. The van der Waals surface area contributed by atoms with Gasteiger partial charge in [-0.25, -0.2) is 4.39 Å². The van der Waals surface area contributed by atoms with Crippen molar-refractivity contribution in [3.05, 3.63) is 34.8 Å². The SMILES string of the molecule is Fc1c(Br)cccc1-c1nncn1C1CC1. The monoisotopic (exact) mass is 281 g/mol. The number of hydrogen-bond donors (Lipinski definition) is 0. The van der Waals surface area contributed by atoms with Crippen molar-refractivity contribution in [2.24, 2.45) is 0 Å². The summed E-state index contributed by atoms with van der Waals surface area (Å²) in [6.45, 7) is 0. The molecule has 0 N–H and O–H groups in total. The van der Waals surface area contributed by atoms with E-state index in [0.29, 0.717) is 21.9 Å². The van der Waals surface area contributed by atoms with Crippen LogP contribution in [-0.2, 0) is 0 Å². The molecule has 0 amide bonds. The van der Waals surface area contributed by atoms with Gasteiger partial charge in [0.1, 0.15) is 12.1 Å². The normalized spacial score (nSPS) is 15.4. The second-order valence-corrected chi connectivity index (χ2v) is 4.75. The smallest absolute Gasteiger partial charge is 0.167 e. The first kappa shape index (κ1) is 9.96. The lowest BCUT2D eigenvalue weighted by Crippen LogP contribution is -1.98. The number of rotatable bonds is 2. The first-order chi connectivity index (χ1) is 7.77. The van der Waals surface area contributed by atoms with Crippen LogP contribution < -0.4 is 0 Å². The summed E-state index contributed by atoms with van der Waals surface area (Å²) in [4.78, 5) is 0. The molecule has 1 fully saturated rings. The highest BCUT2D eigenvalue weighted by Gasteiger charge is 2.27. The second kappa shape index (κ2) is 3.66. The maximum atomic E-state index is 13.9. The van der Waals surface area contributed by atoms with Crippen LogP contribution in [0.5, 0.6) is 0 Å². The largest absolute Gasteiger partial charge is 0.310 e. The molecule has 0 aliphatic heterocycles. The van der Waals surface area contributed by atoms with Crippen molar-refractivity contribution in [1.82, 2.24) is 14.8 Å². The predicted molar refractivity (Wildman–Crippen MR) is 61.4 cm³/mol. The molecular weight excluding hydrogens is 273 g/mol. The van der Waals surface area contributed by atoms with Gasteiger partial charge in [0.05, 0.1) is 10.0 Å². The van der Waals surface area contributed by atoms with Crippen LogP contribution in [0.1, 0.15) is 18.9 Å². The Morgan fingerprint density at radius 1 is 1.38 bits per heavy atom. The summed E-state index contributed by atoms with van der Waals surface area (Å²) in [5, 5.41) is 7.86. The molecule has 1 aromatic heterocycles. The van der Waals surface area contributed by atoms with E-state index in [1.807, 2.05) is 4.57 Å². The summed E-state index contributed by atoms with van der Waals surface area (Å²) in [5.41, 5.74) is 0.499. The van der Waals surface area contributed by atoms with Crippen LogP contribution >= 0.6 is 15.9 Å². The first-order valence-corrected chi connectivity index (χ1v) is 5.90. The number of nitrogens with zero attached hydrogens (tertiary/aromatic N) is 3. The van der Waals surface area contributed by atoms with E-state index >= 15 is 0 Å². The van der Waals surface area contributed by atoms with E-state index in [1.165, 1.54) is 0 Å². The van der Waals surface area contributed by atoms with Gasteiger partial charge in [-0.3, -0.25) is 0 Å². The highest BCUT2D eigenvalue weighted by atomic mass is 79.9. The lowest BCUT2D eigenvalue weighted by atomic mass is 10.2. The molecule has 1 aliphatic carbocycles. The number of benzene rings is 1. The molecule has 3 rings (SSSR count). The van der Waals surface area contributed by atoms with Crippen molar-refractivity contribution in [3.63, 3.8) is 0 Å². The molecule has 2 aromatic rings. The number of halogens is 2. The molecule has 1 saturated carbocycles. The lowest BCUT2D eigenvalue weighted by Gasteiger charge is -2.06. The van der Waals surface area contributed by atoms with E-state index in [4.69, 9.17) is 0 Å². The zero-order chi connectivity index (χ0) is 11.1. The van der Waals surface area contributed by atoms with Gasteiger partial charge in [0.25, 0.3) is 0 Å². The Labute approximate surface area is 100 Å². The van der Waals surface area contributed by atoms with Crippen LogP contribution in [0.15, 0.2) is 29.0 Å². The zero-order valence-corrected chi connectivity index (χ0v) is 9.98. The van der Waals surface area contributed by atoms with Gasteiger partial charge in [-0.15, -0.1) is 10.2 Å². The van der Waals surface area contributed by atoms with Crippen molar-refractivity contribution in [2.45, 2.75) is 18.9 Å². The fraction of sp³-hybridized carbons (Fsp3) is 0.273. The summed E-state index contributed by atoms with van der Waals surface area (Å²) in [6.07, 6.45) is 3.93. The number of aromatic nitrogens is 3. The van der Waals surface area contributed by atoms with E-state index in [-0.39, 0.29) is 5.82 Å². The van der Waals surface area contributed by atoms with Crippen LogP contribution in [0.2, 0.25) is 0 Å². The molecule has 1 heterocycles. The fourth-order valence-corrected chi connectivity index (χ4v) is 2.10. The Morgan fingerprint density at radius 2 is 2.19 bits per heavy atom. The van der Waals surface area contributed by atoms with E-state index in [0.717, 1.165) is 12.8 Å². The van der Waals surface area contributed by atoms with E-state index in [2.05, 4.69) is 26.1 Å². The van der Waals surface area contributed by atoms with Gasteiger partial charge < -0.3 is 4.57 Å². The minimum Gasteiger partial charge on any atom is -0.310 e. The minimum atomic E-state index is -0.280. The van der Waals surface area contributed by atoms with Gasteiger partial charge in [-0.05, 0) is 40.9 Å². The Morgan fingerprint density at radius 3 is 2.94 bits per heavy atom. The fourth-order valence-electron chi connectivity index (χ4n) is 1.73. The van der Waals surface area contributed by atoms with Gasteiger partial charge in [0, 0.05) is 6.04 Å². The van der Waals surface area contributed by atoms with E-state index in [9.17, 15) is 4.39 Å². The summed E-state index contributed by atoms with van der Waals surface area (Å²) >= 11 is 3.18. The van der Waals surface area contributed by atoms with Gasteiger partial charge in [-0.2, -0.15) is 0 Å². The van der Waals surface area contributed by atoms with Crippen LogP contribution in [0, 0.1) is 5.82 Å². The molecule has 0 unspecified atom stereocenters. The molecule has 0 bridgehead atoms. The molecule has 0 atom stereocenters. The Hall–Kier alpha value is -1.23. The topological polar surface area (TPSA) is 30.7 Å². The third-order valence-corrected chi connectivity index (χ3v) is 3.32. The van der Waals surface area contributed by atoms with Gasteiger partial charge >= 0.3 is 0 Å². The minimum absolute atomic E-state index is 0.280. The summed E-state index contributed by atoms with van der Waals surface area (Å²) in [6, 6.07) is 5.65. The van der Waals surface area contributed by atoms with Crippen LogP contribution in [0.3, 0.4) is 0 Å². The average Bonchev–Trinajstić information content (AvgIpc) is 3.01. The molecule has 5 heteroatoms. The maximum Gasteiger partial charge on any atom is 0.167 e. The molecule has 82 valence electrons. The van der Waals surface area contributed by atoms with E-state index in [1.54, 1.807) is 24.5 Å². The van der Waals surface area contributed by atoms with Gasteiger partial charge in [0.2, 0.25) is 0 Å². The maximum absolute atomic E-state index is 13.9. The molecule has 0 saturated heterocycles. The van der Waals surface area contributed by atoms with E-state index < -0.39 is 0 Å². The Balaban J connectivity index is 2.14. The third-order valence-electron chi connectivity index (χ3n) is 2.71. The summed E-state index contributed by atoms with van der Waals surface area (Å²) in [5.74, 6) is 0.332. The highest BCUT2D eigenvalue weighted by molar-refractivity contribution is 9.10. The van der Waals surface area contributed by atoms with Crippen LogP contribution in [-0.4, -0.2) is 14.8 Å². The molecule has 1 aromatic carbocycles. The summed E-state index contributed by atoms with van der Waals surface area (Å²) in [7, 11) is 0. The molecular formula is C11H9BrFN3. The van der Waals surface area contributed by atoms with Crippen LogP contribution in [0.4, 0.5) is 4.39 Å². The lowest BCUT2D eigenvalue weighted by molar-refractivity contribution is 0.620. The zero-order valence-electron chi connectivity index (χ0n) is 8.40. The Bertz CT molecular complexity index is 534. The van der Waals surface area contributed by atoms with Crippen molar-refractivity contribution in [3.8, 4) is 11.4 Å². The van der Waals surface area contributed by atoms with Crippen molar-refractivity contribution in [1.29, 1.82) is 0 Å². The average molecular weight is 282 g/mol. The van der Waals surface area contributed by atoms with Gasteiger partial charge in [-0.1, -0.05) is 6.07 Å². The van der Waals surface area contributed by atoms with Gasteiger partial charge in [0.15, 0.2) is 5.82 Å². The predicted octanol–water partition coefficient (Wildman–Crippen LogP) is 3.18. The quantitative estimate of drug-likeness (QED) is 0.847. The number of hydrogen-bond acceptors (Lipinski definition) is 2. The molecule has 16 heavy (non-hydrogen) atoms. The standard InChI is InChI=1S/C11H9BrFN3/c12-9-3-1-2-8(10(9)13)11-15-14-6-16(11)7-4-5-7/h1-3,6-7H,4-5H2. The first-order valence-electron chi connectivity index (χ1n) is 5.11. The van der Waals surface area contributed by atoms with Crippen molar-refractivity contribution in [2.75, 3.05) is 0 Å². The molecule has 1 aliphatic rings. The Kier molecular flexibility index (Phi) is 2.28. The summed E-state index contributed by atoms with van der Waals surface area (Å²) < 4.78 is 16.3. The highest BCUT2D eigenvalue weighted by Crippen LogP contribution is 2.38. The molecule has 0 spiro atoms. The van der Waals surface area contributed by atoms with Crippen molar-refractivity contribution >= 4 is 15.9 Å². The second-order valence-electron chi connectivity index (χ2n) is 3.89. The third kappa shape index (κ3) is 1.55. The van der Waals surface area contributed by atoms with Crippen molar-refractivity contribution < 1.29 is 4.39 Å². The van der Waals surface area contributed by atoms with Crippen LogP contribution in [0.25, 0.3) is 11.4 Å². The molecule has 0 radical (unpaired) electrons.